The Morgan fingerprint density at radius 2 is 1.45 bits per heavy atom. The lowest BCUT2D eigenvalue weighted by molar-refractivity contribution is -0.731. The molecule has 0 aliphatic carbocycles. The number of pyridine rings is 1. The molecule has 7 rings (SSSR count). The van der Waals surface area contributed by atoms with Gasteiger partial charge in [-0.05, 0) is 86.8 Å². The topological polar surface area (TPSA) is 35.9 Å². The fourth-order valence-corrected chi connectivity index (χ4v) is 5.86. The van der Waals surface area contributed by atoms with Crippen molar-refractivity contribution in [2.24, 2.45) is 0 Å². The van der Waals surface area contributed by atoms with E-state index in [2.05, 4.69) is 152 Å². The van der Waals surface area contributed by atoms with Gasteiger partial charge in [0.15, 0.2) is 11.0 Å². The van der Waals surface area contributed by atoms with E-state index in [9.17, 15) is 0 Å². The van der Waals surface area contributed by atoms with Gasteiger partial charge in [-0.3, -0.25) is 4.57 Å². The zero-order chi connectivity index (χ0) is 29.0. The van der Waals surface area contributed by atoms with E-state index >= 15 is 0 Å². The molecule has 0 atom stereocenters. The number of para-hydroxylation sites is 3. The summed E-state index contributed by atoms with van der Waals surface area (Å²) in [5, 5.41) is 2.37. The first-order chi connectivity index (χ1) is 20.3. The molecule has 0 fully saturated rings. The van der Waals surface area contributed by atoms with Crippen molar-refractivity contribution in [3.63, 3.8) is 0 Å². The zero-order valence-corrected chi connectivity index (χ0v) is 24.7. The van der Waals surface area contributed by atoms with Crippen LogP contribution in [0.3, 0.4) is 0 Å². The van der Waals surface area contributed by atoms with Gasteiger partial charge in [0.1, 0.15) is 28.5 Å². The summed E-state index contributed by atoms with van der Waals surface area (Å²) in [7, 11) is 0. The normalized spacial score (nSPS) is 12.1. The number of ether oxygens (including phenoxy) is 1. The molecular weight excluding hydrogens is 516 g/mol. The highest BCUT2D eigenvalue weighted by molar-refractivity contribution is 6.09. The van der Waals surface area contributed by atoms with Crippen LogP contribution in [-0.2, 0) is 5.54 Å². The maximum atomic E-state index is 6.53. The number of nitrogens with zero attached hydrogens (tertiary/aromatic N) is 4. The van der Waals surface area contributed by atoms with E-state index in [-0.39, 0.29) is 5.54 Å². The molecule has 0 unspecified atom stereocenters. The van der Waals surface area contributed by atoms with E-state index in [1.807, 2.05) is 12.3 Å². The number of hydrogen-bond acceptors (Lipinski definition) is 2. The second-order valence-corrected chi connectivity index (χ2v) is 12.2. The maximum absolute atomic E-state index is 6.53. The fraction of sp³-hybridized carbons (Fsp3) is 0.189. The van der Waals surface area contributed by atoms with Gasteiger partial charge in [0.05, 0.1) is 11.0 Å². The van der Waals surface area contributed by atoms with Crippen molar-refractivity contribution in [3.05, 3.63) is 121 Å². The third-order valence-electron chi connectivity index (χ3n) is 8.00. The maximum Gasteiger partial charge on any atom is 0.250 e. The van der Waals surface area contributed by atoms with E-state index in [0.29, 0.717) is 5.92 Å². The van der Waals surface area contributed by atoms with Crippen LogP contribution in [0.15, 0.2) is 116 Å². The van der Waals surface area contributed by atoms with Crippen LogP contribution in [0.4, 0.5) is 0 Å². The van der Waals surface area contributed by atoms with Crippen molar-refractivity contribution in [2.45, 2.75) is 46.1 Å². The van der Waals surface area contributed by atoms with E-state index < -0.39 is 0 Å². The highest BCUT2D eigenvalue weighted by Crippen LogP contribution is 2.35. The lowest BCUT2D eigenvalue weighted by atomic mass is 10.1. The summed E-state index contributed by atoms with van der Waals surface area (Å²) in [5.74, 6) is 2.90. The monoisotopic (exact) mass is 551 g/mol. The largest absolute Gasteiger partial charge is 0.457 e. The molecule has 5 nitrogen and oxygen atoms in total. The van der Waals surface area contributed by atoms with Crippen molar-refractivity contribution >= 4 is 32.8 Å². The SMILES string of the molecule is CC(C)c1ccnc(-n2c3ccccc3c3ccc(Oc4cccc(-n5c[n+](C(C)(C)C)c6ccccc65)c4)cc32)c1. The van der Waals surface area contributed by atoms with Gasteiger partial charge in [0, 0.05) is 29.1 Å². The minimum absolute atomic E-state index is 0.0453. The molecule has 0 aliphatic heterocycles. The molecule has 0 bridgehead atoms. The Hall–Kier alpha value is -4.90. The van der Waals surface area contributed by atoms with Gasteiger partial charge in [-0.2, -0.15) is 4.57 Å². The highest BCUT2D eigenvalue weighted by Gasteiger charge is 2.26. The van der Waals surface area contributed by atoms with Crippen LogP contribution in [0.1, 0.15) is 46.1 Å². The van der Waals surface area contributed by atoms with Gasteiger partial charge >= 0.3 is 0 Å². The molecule has 3 aromatic heterocycles. The lowest BCUT2D eigenvalue weighted by Crippen LogP contribution is -2.49. The van der Waals surface area contributed by atoms with E-state index in [1.165, 1.54) is 21.9 Å². The molecule has 0 N–H and O–H groups in total. The lowest BCUT2D eigenvalue weighted by Gasteiger charge is -2.14. The van der Waals surface area contributed by atoms with Crippen LogP contribution in [0.2, 0.25) is 0 Å². The van der Waals surface area contributed by atoms with Crippen LogP contribution in [0.5, 0.6) is 11.5 Å². The molecule has 208 valence electrons. The molecule has 0 saturated heterocycles. The predicted molar refractivity (Wildman–Crippen MR) is 171 cm³/mol. The van der Waals surface area contributed by atoms with Crippen LogP contribution < -0.4 is 9.30 Å². The standard InChI is InChI=1S/C37H35N4O/c1-25(2)26-19-20-38-36(21-26)41-32-14-7-6-13-30(32)31-18-17-29(23-35(31)41)42-28-12-10-11-27(22-28)39-24-40(37(3,4)5)34-16-9-8-15-33(34)39/h6-25H,1-5H3/q+1. The highest BCUT2D eigenvalue weighted by atomic mass is 16.5. The van der Waals surface area contributed by atoms with Crippen LogP contribution in [-0.4, -0.2) is 14.1 Å². The molecule has 0 radical (unpaired) electrons. The third-order valence-corrected chi connectivity index (χ3v) is 8.00. The van der Waals surface area contributed by atoms with Crippen molar-refractivity contribution in [1.82, 2.24) is 14.1 Å². The Bertz CT molecular complexity index is 2090. The number of hydrogen-bond donors (Lipinski definition) is 0. The first-order valence-electron chi connectivity index (χ1n) is 14.6. The second kappa shape index (κ2) is 9.88. The number of rotatable bonds is 5. The average Bonchev–Trinajstić information content (AvgIpc) is 3.54. The quantitative estimate of drug-likeness (QED) is 0.200. The van der Waals surface area contributed by atoms with Gasteiger partial charge in [0.2, 0.25) is 6.33 Å². The van der Waals surface area contributed by atoms with Gasteiger partial charge in [0.25, 0.3) is 0 Å². The number of benzene rings is 4. The number of imidazole rings is 1. The summed E-state index contributed by atoms with van der Waals surface area (Å²) in [4.78, 5) is 4.78. The summed E-state index contributed by atoms with van der Waals surface area (Å²) >= 11 is 0. The fourth-order valence-electron chi connectivity index (χ4n) is 5.86. The van der Waals surface area contributed by atoms with Crippen LogP contribution >= 0.6 is 0 Å². The van der Waals surface area contributed by atoms with Crippen molar-refractivity contribution in [1.29, 1.82) is 0 Å². The van der Waals surface area contributed by atoms with Crippen molar-refractivity contribution < 1.29 is 9.30 Å². The summed E-state index contributed by atoms with van der Waals surface area (Å²) in [6.45, 7) is 11.1. The van der Waals surface area contributed by atoms with E-state index in [1.54, 1.807) is 0 Å². The molecule has 0 aliphatic rings. The summed E-state index contributed by atoms with van der Waals surface area (Å²) in [6, 6.07) is 36.0. The Balaban J connectivity index is 1.32. The van der Waals surface area contributed by atoms with Crippen molar-refractivity contribution in [2.75, 3.05) is 0 Å². The Kier molecular flexibility index (Phi) is 6.12. The van der Waals surface area contributed by atoms with Gasteiger partial charge in [-0.15, -0.1) is 0 Å². The first-order valence-corrected chi connectivity index (χ1v) is 14.6. The van der Waals surface area contributed by atoms with E-state index in [0.717, 1.165) is 39.6 Å². The zero-order valence-electron chi connectivity index (χ0n) is 24.7. The Morgan fingerprint density at radius 1 is 0.714 bits per heavy atom. The predicted octanol–water partition coefficient (Wildman–Crippen LogP) is 9.08. The summed E-state index contributed by atoms with van der Waals surface area (Å²) < 4.78 is 13.3. The molecule has 0 saturated carbocycles. The molecule has 4 aromatic carbocycles. The second-order valence-electron chi connectivity index (χ2n) is 12.2. The van der Waals surface area contributed by atoms with Gasteiger partial charge in [-0.1, -0.05) is 50.2 Å². The molecule has 0 spiro atoms. The minimum Gasteiger partial charge on any atom is -0.457 e. The van der Waals surface area contributed by atoms with E-state index in [4.69, 9.17) is 9.72 Å². The molecule has 5 heteroatoms. The van der Waals surface area contributed by atoms with Crippen LogP contribution in [0.25, 0.3) is 44.3 Å². The van der Waals surface area contributed by atoms with Crippen LogP contribution in [0, 0.1) is 0 Å². The van der Waals surface area contributed by atoms with Crippen molar-refractivity contribution in [3.8, 4) is 23.0 Å². The smallest absolute Gasteiger partial charge is 0.250 e. The minimum atomic E-state index is -0.0453. The first kappa shape index (κ1) is 26.0. The molecular formula is C37H35N4O+. The molecule has 42 heavy (non-hydrogen) atoms. The average molecular weight is 552 g/mol. The summed E-state index contributed by atoms with van der Waals surface area (Å²) in [6.07, 6.45) is 4.10. The Morgan fingerprint density at radius 3 is 2.26 bits per heavy atom. The van der Waals surface area contributed by atoms with Gasteiger partial charge < -0.3 is 4.74 Å². The summed E-state index contributed by atoms with van der Waals surface area (Å²) in [5.41, 5.74) is 6.83. The number of aromatic nitrogens is 4. The molecule has 0 amide bonds. The van der Waals surface area contributed by atoms with Gasteiger partial charge in [-0.25, -0.2) is 9.55 Å². The number of fused-ring (bicyclic) bond motifs is 4. The third kappa shape index (κ3) is 4.42. The molecule has 3 heterocycles. The Labute approximate surface area is 246 Å². The molecule has 7 aromatic rings.